The van der Waals surface area contributed by atoms with Crippen molar-refractivity contribution in [2.24, 2.45) is 5.11 Å². The fourth-order valence-electron chi connectivity index (χ4n) is 0.608. The molecule has 0 aromatic heterocycles. The quantitative estimate of drug-likeness (QED) is 0.340. The van der Waals surface area contributed by atoms with Crippen molar-refractivity contribution < 1.29 is 19.7 Å². The first-order chi connectivity index (χ1) is 5.63. The number of carboxylic acid groups (broad SMARTS) is 1. The maximum absolute atomic E-state index is 10.3. The molecule has 0 amide bonds. The molecule has 2 N–H and O–H groups in total. The highest BCUT2D eigenvalue weighted by Gasteiger charge is 2.24. The van der Waals surface area contributed by atoms with Crippen LogP contribution in [0.3, 0.4) is 0 Å². The zero-order chi connectivity index (χ0) is 9.56. The summed E-state index contributed by atoms with van der Waals surface area (Å²) in [4.78, 5) is 12.6. The molecule has 7 heteroatoms. The Morgan fingerprint density at radius 2 is 2.42 bits per heavy atom. The monoisotopic (exact) mass is 175 g/mol. The van der Waals surface area contributed by atoms with E-state index >= 15 is 0 Å². The smallest absolute Gasteiger partial charge is 0.315 e. The number of azide groups is 1. The molecule has 68 valence electrons. The molecular weight excluding hydrogens is 166 g/mol. The topological polar surface area (TPSA) is 116 Å². The third kappa shape index (κ3) is 3.20. The van der Waals surface area contributed by atoms with Gasteiger partial charge in [-0.3, -0.25) is 4.79 Å². The highest BCUT2D eigenvalue weighted by Crippen LogP contribution is 2.00. The Morgan fingerprint density at radius 1 is 1.83 bits per heavy atom. The van der Waals surface area contributed by atoms with Crippen molar-refractivity contribution in [1.82, 2.24) is 0 Å². The van der Waals surface area contributed by atoms with Gasteiger partial charge in [-0.1, -0.05) is 5.11 Å². The van der Waals surface area contributed by atoms with E-state index in [1.807, 2.05) is 0 Å². The lowest BCUT2D eigenvalue weighted by molar-refractivity contribution is -0.142. The Balaban J connectivity index is 4.28. The zero-order valence-corrected chi connectivity index (χ0v) is 6.41. The first kappa shape index (κ1) is 10.7. The molecule has 0 saturated heterocycles. The molecule has 0 aliphatic heterocycles. The van der Waals surface area contributed by atoms with Gasteiger partial charge >= 0.3 is 5.97 Å². The number of rotatable bonds is 5. The van der Waals surface area contributed by atoms with Crippen LogP contribution in [0, 0.1) is 0 Å². The highest BCUT2D eigenvalue weighted by molar-refractivity contribution is 5.74. The average molecular weight is 175 g/mol. The third-order valence-electron chi connectivity index (χ3n) is 1.13. The van der Waals surface area contributed by atoms with Gasteiger partial charge < -0.3 is 14.9 Å². The fraction of sp³-hybridized carbons (Fsp3) is 0.800. The number of aliphatic carboxylic acids is 1. The van der Waals surface area contributed by atoms with Crippen LogP contribution < -0.4 is 0 Å². The zero-order valence-electron chi connectivity index (χ0n) is 6.41. The van der Waals surface area contributed by atoms with Crippen molar-refractivity contribution in [3.05, 3.63) is 10.4 Å². The molecule has 7 nitrogen and oxygen atoms in total. The molecular formula is C5H9N3O4. The minimum atomic E-state index is -1.49. The van der Waals surface area contributed by atoms with Crippen LogP contribution in [-0.4, -0.2) is 42.0 Å². The van der Waals surface area contributed by atoms with Crippen molar-refractivity contribution in [3.8, 4) is 0 Å². The molecule has 0 heterocycles. The van der Waals surface area contributed by atoms with Gasteiger partial charge in [-0.15, -0.1) is 0 Å². The van der Waals surface area contributed by atoms with Crippen LogP contribution >= 0.6 is 0 Å². The standard InChI is InChI=1S/C5H9N3O4/c1-12-2-3(9)4(5(10)11)7-8-6/h3-4,9H,2H2,1H3,(H,10,11). The maximum atomic E-state index is 10.3. The Kier molecular flexibility index (Phi) is 4.78. The van der Waals surface area contributed by atoms with Crippen LogP contribution in [-0.2, 0) is 9.53 Å². The second kappa shape index (κ2) is 5.36. The van der Waals surface area contributed by atoms with Gasteiger partial charge in [0.1, 0.15) is 0 Å². The van der Waals surface area contributed by atoms with Gasteiger partial charge in [0.05, 0.1) is 12.7 Å². The predicted molar refractivity (Wildman–Crippen MR) is 38.5 cm³/mol. The predicted octanol–water partition coefficient (Wildman–Crippen LogP) is -0.243. The second-order valence-corrected chi connectivity index (χ2v) is 2.01. The van der Waals surface area contributed by atoms with Gasteiger partial charge in [-0.25, -0.2) is 0 Å². The van der Waals surface area contributed by atoms with E-state index in [4.69, 9.17) is 15.7 Å². The van der Waals surface area contributed by atoms with Crippen molar-refractivity contribution in [1.29, 1.82) is 0 Å². The normalized spacial score (nSPS) is 14.5. The van der Waals surface area contributed by atoms with Crippen molar-refractivity contribution in [3.63, 3.8) is 0 Å². The van der Waals surface area contributed by atoms with E-state index in [1.165, 1.54) is 7.11 Å². The number of carbonyl (C=O) groups is 1. The summed E-state index contributed by atoms with van der Waals surface area (Å²) in [5.41, 5.74) is 7.95. The summed E-state index contributed by atoms with van der Waals surface area (Å²) in [6, 6.07) is -1.49. The summed E-state index contributed by atoms with van der Waals surface area (Å²) in [5.74, 6) is -1.38. The van der Waals surface area contributed by atoms with E-state index in [-0.39, 0.29) is 6.61 Å². The van der Waals surface area contributed by atoms with E-state index in [2.05, 4.69) is 14.8 Å². The van der Waals surface area contributed by atoms with Gasteiger partial charge in [-0.2, -0.15) is 0 Å². The molecule has 0 spiro atoms. The minimum Gasteiger partial charge on any atom is -0.481 e. The van der Waals surface area contributed by atoms with E-state index in [0.29, 0.717) is 0 Å². The summed E-state index contributed by atoms with van der Waals surface area (Å²) in [6.07, 6.45) is -1.32. The van der Waals surface area contributed by atoms with Gasteiger partial charge in [0.15, 0.2) is 6.04 Å². The third-order valence-corrected chi connectivity index (χ3v) is 1.13. The molecule has 0 bridgehead atoms. The van der Waals surface area contributed by atoms with Crippen molar-refractivity contribution >= 4 is 5.97 Å². The molecule has 0 aromatic carbocycles. The van der Waals surface area contributed by atoms with Gasteiger partial charge in [-0.05, 0) is 5.53 Å². The number of hydrogen-bond donors (Lipinski definition) is 2. The molecule has 0 aliphatic carbocycles. The van der Waals surface area contributed by atoms with Gasteiger partial charge in [0, 0.05) is 12.0 Å². The lowest BCUT2D eigenvalue weighted by atomic mass is 10.2. The molecule has 2 unspecified atom stereocenters. The Labute approximate surface area is 68.2 Å². The summed E-state index contributed by atoms with van der Waals surface area (Å²) in [7, 11) is 1.30. The molecule has 0 aliphatic rings. The molecule has 0 radical (unpaired) electrons. The number of methoxy groups -OCH3 is 1. The maximum Gasteiger partial charge on any atom is 0.315 e. The average Bonchev–Trinajstić information content (AvgIpc) is 1.99. The van der Waals surface area contributed by atoms with Crippen LogP contribution in [0.5, 0.6) is 0 Å². The van der Waals surface area contributed by atoms with E-state index in [9.17, 15) is 4.79 Å². The Bertz CT molecular complexity index is 199. The van der Waals surface area contributed by atoms with Crippen LogP contribution in [0.2, 0.25) is 0 Å². The largest absolute Gasteiger partial charge is 0.481 e. The SMILES string of the molecule is COCC(O)C(N=[N+]=[N-])C(=O)O. The van der Waals surface area contributed by atoms with Crippen LogP contribution in [0.4, 0.5) is 0 Å². The summed E-state index contributed by atoms with van der Waals surface area (Å²) in [6.45, 7) is -0.185. The van der Waals surface area contributed by atoms with Gasteiger partial charge in [0.2, 0.25) is 0 Å². The number of aliphatic hydroxyl groups excluding tert-OH is 1. The molecule has 12 heavy (non-hydrogen) atoms. The lowest BCUT2D eigenvalue weighted by Gasteiger charge is -2.12. The first-order valence-corrected chi connectivity index (χ1v) is 3.07. The van der Waals surface area contributed by atoms with E-state index in [1.54, 1.807) is 0 Å². The fourth-order valence-corrected chi connectivity index (χ4v) is 0.608. The summed E-state index contributed by atoms with van der Waals surface area (Å²) < 4.78 is 4.48. The minimum absolute atomic E-state index is 0.185. The molecule has 0 saturated carbocycles. The lowest BCUT2D eigenvalue weighted by Crippen LogP contribution is -2.35. The summed E-state index contributed by atoms with van der Waals surface area (Å²) in [5, 5.41) is 20.4. The summed E-state index contributed by atoms with van der Waals surface area (Å²) >= 11 is 0. The molecule has 2 atom stereocenters. The number of nitrogens with zero attached hydrogens (tertiary/aromatic N) is 3. The number of carboxylic acids is 1. The first-order valence-electron chi connectivity index (χ1n) is 3.07. The Hall–Kier alpha value is -1.30. The molecule has 0 aromatic rings. The molecule has 0 fully saturated rings. The van der Waals surface area contributed by atoms with Crippen molar-refractivity contribution in [2.45, 2.75) is 12.1 Å². The van der Waals surface area contributed by atoms with Crippen LogP contribution in [0.1, 0.15) is 0 Å². The van der Waals surface area contributed by atoms with Crippen LogP contribution in [0.25, 0.3) is 10.4 Å². The van der Waals surface area contributed by atoms with Gasteiger partial charge in [0.25, 0.3) is 0 Å². The number of hydrogen-bond acceptors (Lipinski definition) is 4. The Morgan fingerprint density at radius 3 is 2.75 bits per heavy atom. The van der Waals surface area contributed by atoms with Crippen molar-refractivity contribution in [2.75, 3.05) is 13.7 Å². The number of aliphatic hydroxyl groups is 1. The highest BCUT2D eigenvalue weighted by atomic mass is 16.5. The molecule has 0 rings (SSSR count). The van der Waals surface area contributed by atoms with Crippen LogP contribution in [0.15, 0.2) is 5.11 Å². The second-order valence-electron chi connectivity index (χ2n) is 2.01. The van der Waals surface area contributed by atoms with E-state index in [0.717, 1.165) is 0 Å². The number of ether oxygens (including phenoxy) is 1. The van der Waals surface area contributed by atoms with E-state index < -0.39 is 18.1 Å².